The summed E-state index contributed by atoms with van der Waals surface area (Å²) < 4.78 is 17.8. The van der Waals surface area contributed by atoms with Crippen LogP contribution in [0.2, 0.25) is 5.02 Å². The quantitative estimate of drug-likeness (QED) is 0.296. The molecule has 3 rings (SSSR count). The summed E-state index contributed by atoms with van der Waals surface area (Å²) >= 11 is 9.26. The molecule has 0 bridgehead atoms. The third kappa shape index (κ3) is 7.00. The molecule has 6 nitrogen and oxygen atoms in total. The first-order valence-corrected chi connectivity index (χ1v) is 10.9. The van der Waals surface area contributed by atoms with Crippen molar-refractivity contribution in [1.29, 1.82) is 0 Å². The molecule has 0 aliphatic heterocycles. The van der Waals surface area contributed by atoms with Crippen LogP contribution in [0, 0.1) is 0 Å². The maximum absolute atomic E-state index is 12.2. The van der Waals surface area contributed by atoms with Crippen molar-refractivity contribution in [3.8, 4) is 17.2 Å². The van der Waals surface area contributed by atoms with Crippen LogP contribution >= 0.6 is 27.5 Å². The minimum atomic E-state index is -0.702. The van der Waals surface area contributed by atoms with Gasteiger partial charge in [-0.05, 0) is 72.6 Å². The average molecular weight is 518 g/mol. The fraction of sp³-hybridized carbons (Fsp3) is 0.167. The number of nitrogens with one attached hydrogen (secondary N) is 1. The molecule has 0 aliphatic rings. The van der Waals surface area contributed by atoms with Gasteiger partial charge in [-0.1, -0.05) is 39.7 Å². The van der Waals surface area contributed by atoms with Crippen LogP contribution in [0.1, 0.15) is 18.1 Å². The number of hydrazone groups is 1. The second-order valence-electron chi connectivity index (χ2n) is 6.77. The Labute approximate surface area is 200 Å². The monoisotopic (exact) mass is 516 g/mol. The zero-order chi connectivity index (χ0) is 22.9. The molecule has 0 heterocycles. The van der Waals surface area contributed by atoms with E-state index in [1.54, 1.807) is 38.3 Å². The molecule has 32 heavy (non-hydrogen) atoms. The van der Waals surface area contributed by atoms with Gasteiger partial charge in [-0.3, -0.25) is 4.79 Å². The third-order valence-electron chi connectivity index (χ3n) is 4.38. The molecule has 0 fully saturated rings. The molecule has 1 amide bonds. The summed E-state index contributed by atoms with van der Waals surface area (Å²) in [5, 5.41) is 4.68. The lowest BCUT2D eigenvalue weighted by Crippen LogP contribution is -2.33. The highest BCUT2D eigenvalue weighted by Crippen LogP contribution is 2.28. The molecule has 0 spiro atoms. The Kier molecular flexibility index (Phi) is 8.53. The lowest BCUT2D eigenvalue weighted by atomic mass is 10.2. The van der Waals surface area contributed by atoms with Gasteiger partial charge in [-0.2, -0.15) is 5.10 Å². The molecule has 0 aliphatic carbocycles. The SMILES string of the molecule is COc1cc(/C=N\NC(=O)[C@@H](C)Oc2ccc(Br)cc2)ccc1OCc1ccc(Cl)cc1. The van der Waals surface area contributed by atoms with Crippen LogP contribution in [0.15, 0.2) is 76.3 Å². The van der Waals surface area contributed by atoms with Crippen molar-refractivity contribution < 1.29 is 19.0 Å². The van der Waals surface area contributed by atoms with Crippen LogP contribution < -0.4 is 19.6 Å². The van der Waals surface area contributed by atoms with Gasteiger partial charge in [0.15, 0.2) is 17.6 Å². The summed E-state index contributed by atoms with van der Waals surface area (Å²) in [5.74, 6) is 1.39. The van der Waals surface area contributed by atoms with Crippen molar-refractivity contribution in [2.75, 3.05) is 7.11 Å². The van der Waals surface area contributed by atoms with Crippen molar-refractivity contribution >= 4 is 39.7 Å². The van der Waals surface area contributed by atoms with Crippen molar-refractivity contribution in [2.45, 2.75) is 19.6 Å². The number of rotatable bonds is 9. The van der Waals surface area contributed by atoms with E-state index >= 15 is 0 Å². The van der Waals surface area contributed by atoms with E-state index in [2.05, 4.69) is 26.5 Å². The zero-order valence-corrected chi connectivity index (χ0v) is 19.9. The molecule has 166 valence electrons. The highest BCUT2D eigenvalue weighted by Gasteiger charge is 2.14. The highest BCUT2D eigenvalue weighted by molar-refractivity contribution is 9.10. The van der Waals surface area contributed by atoms with Gasteiger partial charge < -0.3 is 14.2 Å². The summed E-state index contributed by atoms with van der Waals surface area (Å²) in [6.07, 6.45) is 0.821. The predicted octanol–water partition coefficient (Wildman–Crippen LogP) is 5.61. The van der Waals surface area contributed by atoms with E-state index in [4.69, 9.17) is 25.8 Å². The summed E-state index contributed by atoms with van der Waals surface area (Å²) in [5.41, 5.74) is 4.21. The maximum atomic E-state index is 12.2. The molecular formula is C24H22BrClN2O4. The van der Waals surface area contributed by atoms with Crippen LogP contribution in [0.25, 0.3) is 0 Å². The first-order chi connectivity index (χ1) is 15.4. The molecule has 0 radical (unpaired) electrons. The lowest BCUT2D eigenvalue weighted by Gasteiger charge is -2.13. The fourth-order valence-corrected chi connectivity index (χ4v) is 3.05. The summed E-state index contributed by atoms with van der Waals surface area (Å²) in [4.78, 5) is 12.2. The Morgan fingerprint density at radius 2 is 1.81 bits per heavy atom. The second kappa shape index (κ2) is 11.5. The smallest absolute Gasteiger partial charge is 0.280 e. The van der Waals surface area contributed by atoms with Gasteiger partial charge in [0.25, 0.3) is 5.91 Å². The number of hydrogen-bond acceptors (Lipinski definition) is 5. The van der Waals surface area contributed by atoms with Gasteiger partial charge in [0.05, 0.1) is 13.3 Å². The van der Waals surface area contributed by atoms with Crippen LogP contribution in [0.3, 0.4) is 0 Å². The summed E-state index contributed by atoms with van der Waals surface area (Å²) in [6.45, 7) is 2.04. The Balaban J connectivity index is 1.54. The zero-order valence-electron chi connectivity index (χ0n) is 17.5. The number of benzene rings is 3. The van der Waals surface area contributed by atoms with Crippen LogP contribution in [0.5, 0.6) is 17.2 Å². The first kappa shape index (κ1) is 23.6. The molecule has 1 atom stereocenters. The number of ether oxygens (including phenoxy) is 3. The Hall–Kier alpha value is -3.03. The highest BCUT2D eigenvalue weighted by atomic mass is 79.9. The average Bonchev–Trinajstić information content (AvgIpc) is 2.80. The van der Waals surface area contributed by atoms with E-state index in [1.165, 1.54) is 6.21 Å². The molecule has 0 saturated heterocycles. The minimum Gasteiger partial charge on any atom is -0.493 e. The largest absolute Gasteiger partial charge is 0.493 e. The maximum Gasteiger partial charge on any atom is 0.280 e. The minimum absolute atomic E-state index is 0.362. The van der Waals surface area contributed by atoms with Crippen LogP contribution in [0.4, 0.5) is 0 Å². The topological polar surface area (TPSA) is 69.2 Å². The second-order valence-corrected chi connectivity index (χ2v) is 8.13. The molecule has 3 aromatic rings. The normalized spacial score (nSPS) is 11.8. The molecule has 8 heteroatoms. The van der Waals surface area contributed by atoms with Crippen molar-refractivity contribution in [2.24, 2.45) is 5.10 Å². The van der Waals surface area contributed by atoms with Crippen LogP contribution in [-0.2, 0) is 11.4 Å². The van der Waals surface area contributed by atoms with Gasteiger partial charge in [0, 0.05) is 9.50 Å². The number of hydrogen-bond donors (Lipinski definition) is 1. The van der Waals surface area contributed by atoms with Gasteiger partial charge in [0.1, 0.15) is 12.4 Å². The third-order valence-corrected chi connectivity index (χ3v) is 5.16. The number of nitrogens with zero attached hydrogens (tertiary/aromatic N) is 1. The number of methoxy groups -OCH3 is 1. The Morgan fingerprint density at radius 1 is 1.09 bits per heavy atom. The van der Waals surface area contributed by atoms with E-state index in [-0.39, 0.29) is 5.91 Å². The van der Waals surface area contributed by atoms with Gasteiger partial charge in [-0.25, -0.2) is 5.43 Å². The molecule has 0 saturated carbocycles. The van der Waals surface area contributed by atoms with E-state index in [0.29, 0.717) is 28.9 Å². The van der Waals surface area contributed by atoms with Gasteiger partial charge in [-0.15, -0.1) is 0 Å². The van der Waals surface area contributed by atoms with E-state index in [1.807, 2.05) is 42.5 Å². The van der Waals surface area contributed by atoms with Crippen molar-refractivity contribution in [3.63, 3.8) is 0 Å². The van der Waals surface area contributed by atoms with E-state index in [0.717, 1.165) is 15.6 Å². The van der Waals surface area contributed by atoms with Gasteiger partial charge in [0.2, 0.25) is 0 Å². The first-order valence-electron chi connectivity index (χ1n) is 9.75. The lowest BCUT2D eigenvalue weighted by molar-refractivity contribution is -0.127. The van der Waals surface area contributed by atoms with Gasteiger partial charge >= 0.3 is 0 Å². The van der Waals surface area contributed by atoms with Crippen molar-refractivity contribution in [3.05, 3.63) is 87.4 Å². The number of halogens is 2. The Bertz CT molecular complexity index is 1070. The van der Waals surface area contributed by atoms with Crippen LogP contribution in [-0.4, -0.2) is 25.3 Å². The Morgan fingerprint density at radius 3 is 2.50 bits per heavy atom. The standard InChI is InChI=1S/C24H22BrClN2O4/c1-16(32-21-10-6-19(25)7-11-21)24(29)28-27-14-18-5-12-22(23(13-18)30-2)31-15-17-3-8-20(26)9-4-17/h3-14,16H,15H2,1-2H3,(H,28,29)/b27-14-/t16-/m1/s1. The summed E-state index contributed by atoms with van der Waals surface area (Å²) in [7, 11) is 1.56. The molecule has 0 aromatic heterocycles. The van der Waals surface area contributed by atoms with E-state index < -0.39 is 6.10 Å². The number of amides is 1. The fourth-order valence-electron chi connectivity index (χ4n) is 2.66. The summed E-state index contributed by atoms with van der Waals surface area (Å²) in [6, 6.07) is 20.1. The predicted molar refractivity (Wildman–Crippen MR) is 129 cm³/mol. The molecular weight excluding hydrogens is 496 g/mol. The number of carbonyl (C=O) groups is 1. The van der Waals surface area contributed by atoms with Crippen molar-refractivity contribution in [1.82, 2.24) is 5.43 Å². The molecule has 3 aromatic carbocycles. The molecule has 0 unspecified atom stereocenters. The molecule has 1 N–H and O–H groups in total. The number of carbonyl (C=O) groups excluding carboxylic acids is 1. The van der Waals surface area contributed by atoms with E-state index in [9.17, 15) is 4.79 Å².